The van der Waals surface area contributed by atoms with Gasteiger partial charge in [0.1, 0.15) is 0 Å². The summed E-state index contributed by atoms with van der Waals surface area (Å²) in [4.78, 5) is 19.4. The van der Waals surface area contributed by atoms with Crippen molar-refractivity contribution in [2.24, 2.45) is 0 Å². The van der Waals surface area contributed by atoms with Crippen molar-refractivity contribution in [2.75, 3.05) is 0 Å². The van der Waals surface area contributed by atoms with E-state index in [0.29, 0.717) is 16.5 Å². The van der Waals surface area contributed by atoms with E-state index in [1.165, 1.54) is 4.52 Å². The fourth-order valence-corrected chi connectivity index (χ4v) is 2.52. The molecule has 0 radical (unpaired) electrons. The predicted molar refractivity (Wildman–Crippen MR) is 81.6 cm³/mol. The number of para-hydroxylation sites is 1. The number of H-pyrrole nitrogens is 1. The second-order valence-corrected chi connectivity index (χ2v) is 5.09. The van der Waals surface area contributed by atoms with Crippen LogP contribution < -0.4 is 5.69 Å². The van der Waals surface area contributed by atoms with Gasteiger partial charge in [-0.3, -0.25) is 0 Å². The number of nitrogens with zero attached hydrogens (tertiary/aromatic N) is 3. The molecule has 2 heterocycles. The molecule has 0 bridgehead atoms. The maximum atomic E-state index is 12.1. The molecule has 2 aromatic heterocycles. The van der Waals surface area contributed by atoms with E-state index in [0.717, 1.165) is 16.5 Å². The van der Waals surface area contributed by atoms with E-state index >= 15 is 0 Å². The van der Waals surface area contributed by atoms with Crippen LogP contribution in [0.1, 0.15) is 0 Å². The summed E-state index contributed by atoms with van der Waals surface area (Å²) in [6.07, 6.45) is 0. The number of hydrogen-bond donors (Lipinski definition) is 1. The van der Waals surface area contributed by atoms with Gasteiger partial charge in [-0.1, -0.05) is 35.9 Å². The molecular weight excluding hydrogens is 288 g/mol. The molecule has 0 saturated carbocycles. The van der Waals surface area contributed by atoms with Gasteiger partial charge >= 0.3 is 5.69 Å². The minimum absolute atomic E-state index is 0.315. The largest absolute Gasteiger partial charge is 0.348 e. The molecule has 0 aliphatic carbocycles. The van der Waals surface area contributed by atoms with E-state index in [-0.39, 0.29) is 5.69 Å². The SMILES string of the molecule is O=c1[nH]c2ccccc2c2nc(-c3cccc(Cl)c3)nn12. The Kier molecular flexibility index (Phi) is 2.55. The number of aromatic amines is 1. The van der Waals surface area contributed by atoms with E-state index < -0.39 is 0 Å². The quantitative estimate of drug-likeness (QED) is 0.587. The first-order valence-corrected chi connectivity index (χ1v) is 6.74. The molecule has 2 aromatic carbocycles. The molecule has 1 N–H and O–H groups in total. The number of benzene rings is 2. The summed E-state index contributed by atoms with van der Waals surface area (Å²) in [5.74, 6) is 0.472. The summed E-state index contributed by atoms with van der Waals surface area (Å²) in [5, 5.41) is 5.72. The zero-order valence-electron chi connectivity index (χ0n) is 10.7. The van der Waals surface area contributed by atoms with Crippen LogP contribution >= 0.6 is 11.6 Å². The Hall–Kier alpha value is -2.66. The highest BCUT2D eigenvalue weighted by atomic mass is 35.5. The van der Waals surface area contributed by atoms with Gasteiger partial charge in [0, 0.05) is 16.0 Å². The topological polar surface area (TPSA) is 63.0 Å². The van der Waals surface area contributed by atoms with Crippen LogP contribution in [0.4, 0.5) is 0 Å². The summed E-state index contributed by atoms with van der Waals surface area (Å²) in [7, 11) is 0. The fraction of sp³-hybridized carbons (Fsp3) is 0. The summed E-state index contributed by atoms with van der Waals surface area (Å²) in [6.45, 7) is 0. The van der Waals surface area contributed by atoms with Crippen LogP contribution in [0.25, 0.3) is 27.9 Å². The lowest BCUT2D eigenvalue weighted by Crippen LogP contribution is -2.17. The van der Waals surface area contributed by atoms with Crippen LogP contribution in [0.2, 0.25) is 5.02 Å². The average molecular weight is 297 g/mol. The molecule has 0 amide bonds. The van der Waals surface area contributed by atoms with Crippen LogP contribution in [0, 0.1) is 0 Å². The molecular formula is C15H9ClN4O. The van der Waals surface area contributed by atoms with E-state index in [2.05, 4.69) is 15.1 Å². The first kappa shape index (κ1) is 12.1. The fourth-order valence-electron chi connectivity index (χ4n) is 2.33. The molecule has 0 spiro atoms. The maximum absolute atomic E-state index is 12.1. The Morgan fingerprint density at radius 2 is 1.95 bits per heavy atom. The van der Waals surface area contributed by atoms with Crippen molar-refractivity contribution in [1.82, 2.24) is 19.6 Å². The van der Waals surface area contributed by atoms with Crippen LogP contribution in [0.15, 0.2) is 53.3 Å². The summed E-state index contributed by atoms with van der Waals surface area (Å²) >= 11 is 5.99. The minimum Gasteiger partial charge on any atom is -0.305 e. The summed E-state index contributed by atoms with van der Waals surface area (Å²) in [5.41, 5.74) is 1.73. The molecule has 0 unspecified atom stereocenters. The Morgan fingerprint density at radius 1 is 1.10 bits per heavy atom. The third-order valence-electron chi connectivity index (χ3n) is 3.29. The lowest BCUT2D eigenvalue weighted by atomic mass is 10.2. The highest BCUT2D eigenvalue weighted by Crippen LogP contribution is 2.22. The molecule has 102 valence electrons. The molecule has 0 aliphatic rings. The smallest absolute Gasteiger partial charge is 0.305 e. The van der Waals surface area contributed by atoms with Crippen molar-refractivity contribution in [2.45, 2.75) is 0 Å². The second kappa shape index (κ2) is 4.43. The van der Waals surface area contributed by atoms with E-state index in [9.17, 15) is 4.79 Å². The molecule has 4 aromatic rings. The minimum atomic E-state index is -0.315. The Bertz CT molecular complexity index is 1030. The van der Waals surface area contributed by atoms with Gasteiger partial charge < -0.3 is 4.98 Å². The molecule has 0 fully saturated rings. The number of nitrogens with one attached hydrogen (secondary N) is 1. The van der Waals surface area contributed by atoms with Crippen LogP contribution in [0.5, 0.6) is 0 Å². The normalized spacial score (nSPS) is 11.3. The van der Waals surface area contributed by atoms with Gasteiger partial charge in [0.2, 0.25) is 0 Å². The van der Waals surface area contributed by atoms with Crippen molar-refractivity contribution >= 4 is 28.2 Å². The highest BCUT2D eigenvalue weighted by molar-refractivity contribution is 6.30. The highest BCUT2D eigenvalue weighted by Gasteiger charge is 2.12. The molecule has 0 atom stereocenters. The lowest BCUT2D eigenvalue weighted by molar-refractivity contribution is 0.885. The number of halogens is 1. The van der Waals surface area contributed by atoms with Gasteiger partial charge in [-0.05, 0) is 24.3 Å². The van der Waals surface area contributed by atoms with Crippen molar-refractivity contribution in [1.29, 1.82) is 0 Å². The van der Waals surface area contributed by atoms with Crippen molar-refractivity contribution in [3.05, 3.63) is 64.0 Å². The zero-order chi connectivity index (χ0) is 14.4. The number of aromatic nitrogens is 4. The van der Waals surface area contributed by atoms with Gasteiger partial charge in [-0.15, -0.1) is 5.10 Å². The van der Waals surface area contributed by atoms with Crippen LogP contribution in [-0.2, 0) is 0 Å². The molecule has 0 saturated heterocycles. The molecule has 0 aliphatic heterocycles. The van der Waals surface area contributed by atoms with Crippen LogP contribution in [-0.4, -0.2) is 19.6 Å². The van der Waals surface area contributed by atoms with Crippen LogP contribution in [0.3, 0.4) is 0 Å². The van der Waals surface area contributed by atoms with Crippen molar-refractivity contribution in [3.8, 4) is 11.4 Å². The number of hydrogen-bond acceptors (Lipinski definition) is 3. The van der Waals surface area contributed by atoms with E-state index in [4.69, 9.17) is 11.6 Å². The van der Waals surface area contributed by atoms with Gasteiger partial charge in [-0.2, -0.15) is 4.52 Å². The van der Waals surface area contributed by atoms with Crippen molar-refractivity contribution in [3.63, 3.8) is 0 Å². The number of rotatable bonds is 1. The maximum Gasteiger partial charge on any atom is 0.348 e. The Balaban J connectivity index is 2.08. The summed E-state index contributed by atoms with van der Waals surface area (Å²) < 4.78 is 1.28. The Morgan fingerprint density at radius 3 is 2.81 bits per heavy atom. The lowest BCUT2D eigenvalue weighted by Gasteiger charge is -1.97. The second-order valence-electron chi connectivity index (χ2n) is 4.66. The summed E-state index contributed by atoms with van der Waals surface area (Å²) in [6, 6.07) is 14.7. The van der Waals surface area contributed by atoms with Gasteiger partial charge in [0.25, 0.3) is 0 Å². The first-order valence-electron chi connectivity index (χ1n) is 6.36. The third-order valence-corrected chi connectivity index (χ3v) is 3.53. The molecule has 4 rings (SSSR count). The molecule has 5 nitrogen and oxygen atoms in total. The Labute approximate surface area is 123 Å². The van der Waals surface area contributed by atoms with Crippen molar-refractivity contribution < 1.29 is 0 Å². The molecule has 6 heteroatoms. The number of fused-ring (bicyclic) bond motifs is 3. The third kappa shape index (κ3) is 1.90. The van der Waals surface area contributed by atoms with Gasteiger partial charge in [0.15, 0.2) is 11.5 Å². The molecule has 21 heavy (non-hydrogen) atoms. The monoisotopic (exact) mass is 296 g/mol. The van der Waals surface area contributed by atoms with Gasteiger partial charge in [-0.25, -0.2) is 9.78 Å². The van der Waals surface area contributed by atoms with E-state index in [1.54, 1.807) is 12.1 Å². The average Bonchev–Trinajstić information content (AvgIpc) is 2.93. The van der Waals surface area contributed by atoms with E-state index in [1.807, 2.05) is 36.4 Å². The van der Waals surface area contributed by atoms with Gasteiger partial charge in [0.05, 0.1) is 5.52 Å². The predicted octanol–water partition coefficient (Wildman–Crippen LogP) is 2.89. The zero-order valence-corrected chi connectivity index (χ0v) is 11.5. The standard InChI is InChI=1S/C15H9ClN4O/c16-10-5-3-4-9(8-10)13-18-14-11-6-1-2-7-12(11)17-15(21)20(14)19-13/h1-8H,(H,17,21). The first-order chi connectivity index (χ1) is 10.2.